The van der Waals surface area contributed by atoms with Crippen molar-refractivity contribution in [1.29, 1.82) is 0 Å². The van der Waals surface area contributed by atoms with Crippen LogP contribution in [0.25, 0.3) is 0 Å². The summed E-state index contributed by atoms with van der Waals surface area (Å²) >= 11 is 0. The Labute approximate surface area is 125 Å². The Balaban J connectivity index is 1.71. The van der Waals surface area contributed by atoms with E-state index in [2.05, 4.69) is 22.5 Å². The van der Waals surface area contributed by atoms with Crippen molar-refractivity contribution in [3.8, 4) is 0 Å². The summed E-state index contributed by atoms with van der Waals surface area (Å²) in [6.07, 6.45) is 0. The Morgan fingerprint density at radius 3 is 2.67 bits per heavy atom. The molecule has 0 aromatic carbocycles. The lowest BCUT2D eigenvalue weighted by atomic mass is 10.2. The highest BCUT2D eigenvalue weighted by Crippen LogP contribution is 2.15. The lowest BCUT2D eigenvalue weighted by molar-refractivity contribution is 0.0209. The largest absolute Gasteiger partial charge is 0.464 e. The van der Waals surface area contributed by atoms with Gasteiger partial charge in [-0.05, 0) is 32.9 Å². The Morgan fingerprint density at radius 1 is 1.33 bits per heavy atom. The van der Waals surface area contributed by atoms with Crippen LogP contribution in [0.4, 0.5) is 4.79 Å². The van der Waals surface area contributed by atoms with E-state index < -0.39 is 0 Å². The average molecular weight is 295 g/mol. The molecule has 2 N–H and O–H groups in total. The van der Waals surface area contributed by atoms with Crippen LogP contribution in [0.2, 0.25) is 0 Å². The molecule has 2 amide bonds. The second-order valence-electron chi connectivity index (χ2n) is 5.52. The third kappa shape index (κ3) is 4.75. The van der Waals surface area contributed by atoms with Crippen LogP contribution in [0.3, 0.4) is 0 Å². The van der Waals surface area contributed by atoms with Gasteiger partial charge in [0.2, 0.25) is 0 Å². The zero-order valence-corrected chi connectivity index (χ0v) is 13.0. The number of aryl methyl sites for hydroxylation is 1. The number of nitrogens with one attached hydrogen (secondary N) is 2. The summed E-state index contributed by atoms with van der Waals surface area (Å²) in [5, 5.41) is 5.79. The second-order valence-corrected chi connectivity index (χ2v) is 5.52. The molecule has 0 unspecified atom stereocenters. The van der Waals surface area contributed by atoms with Gasteiger partial charge in [-0.1, -0.05) is 0 Å². The van der Waals surface area contributed by atoms with E-state index in [1.165, 1.54) is 0 Å². The van der Waals surface area contributed by atoms with E-state index in [1.807, 2.05) is 26.0 Å². The number of carbonyl (C=O) groups is 1. The Kier molecular flexibility index (Phi) is 5.64. The topological polar surface area (TPSA) is 66.7 Å². The number of rotatable bonds is 5. The molecular weight excluding hydrogens is 270 g/mol. The molecule has 0 radical (unpaired) electrons. The quantitative estimate of drug-likeness (QED) is 0.867. The monoisotopic (exact) mass is 295 g/mol. The highest BCUT2D eigenvalue weighted by molar-refractivity contribution is 5.74. The van der Waals surface area contributed by atoms with Crippen molar-refractivity contribution in [3.63, 3.8) is 0 Å². The number of nitrogens with zero attached hydrogens (tertiary/aromatic N) is 1. The molecule has 1 aromatic heterocycles. The van der Waals surface area contributed by atoms with Gasteiger partial charge in [0.05, 0.1) is 19.3 Å². The highest BCUT2D eigenvalue weighted by Gasteiger charge is 2.18. The predicted molar refractivity (Wildman–Crippen MR) is 80.2 cm³/mol. The molecule has 2 rings (SSSR count). The molecule has 1 fully saturated rings. The van der Waals surface area contributed by atoms with Gasteiger partial charge in [-0.3, -0.25) is 4.90 Å². The molecule has 1 aromatic rings. The summed E-state index contributed by atoms with van der Waals surface area (Å²) in [4.78, 5) is 14.2. The standard InChI is InChI=1S/C15H25N3O3/c1-11(18-6-8-20-9-7-18)10-16-15(19)17-13(3)14-5-4-12(2)21-14/h4-5,11,13H,6-10H2,1-3H3,(H2,16,17,19)/t11-,13+/m0/s1. The van der Waals surface area contributed by atoms with Crippen LogP contribution in [0.5, 0.6) is 0 Å². The van der Waals surface area contributed by atoms with E-state index in [-0.39, 0.29) is 12.1 Å². The number of hydrogen-bond donors (Lipinski definition) is 2. The van der Waals surface area contributed by atoms with Crippen molar-refractivity contribution in [2.45, 2.75) is 32.9 Å². The minimum Gasteiger partial charge on any atom is -0.464 e. The van der Waals surface area contributed by atoms with E-state index in [9.17, 15) is 4.79 Å². The van der Waals surface area contributed by atoms with E-state index in [1.54, 1.807) is 0 Å². The fourth-order valence-corrected chi connectivity index (χ4v) is 2.39. The molecular formula is C15H25N3O3. The lowest BCUT2D eigenvalue weighted by Gasteiger charge is -2.32. The molecule has 6 nitrogen and oxygen atoms in total. The summed E-state index contributed by atoms with van der Waals surface area (Å²) in [6.45, 7) is 9.92. The summed E-state index contributed by atoms with van der Waals surface area (Å²) in [5.74, 6) is 1.61. The molecule has 0 bridgehead atoms. The molecule has 0 saturated carbocycles. The molecule has 1 aliphatic rings. The summed E-state index contributed by atoms with van der Waals surface area (Å²) in [7, 11) is 0. The normalized spacial score (nSPS) is 19.0. The van der Waals surface area contributed by atoms with Crippen molar-refractivity contribution >= 4 is 6.03 Å². The van der Waals surface area contributed by atoms with Gasteiger partial charge in [0.15, 0.2) is 0 Å². The van der Waals surface area contributed by atoms with Crippen LogP contribution < -0.4 is 10.6 Å². The van der Waals surface area contributed by atoms with Gasteiger partial charge in [0.25, 0.3) is 0 Å². The van der Waals surface area contributed by atoms with Gasteiger partial charge >= 0.3 is 6.03 Å². The number of amides is 2. The van der Waals surface area contributed by atoms with Crippen molar-refractivity contribution < 1.29 is 13.9 Å². The maximum absolute atomic E-state index is 11.9. The minimum absolute atomic E-state index is 0.141. The maximum Gasteiger partial charge on any atom is 0.315 e. The molecule has 21 heavy (non-hydrogen) atoms. The summed E-state index contributed by atoms with van der Waals surface area (Å²) in [5.41, 5.74) is 0. The third-order valence-corrected chi connectivity index (χ3v) is 3.76. The Morgan fingerprint density at radius 2 is 2.05 bits per heavy atom. The number of hydrogen-bond acceptors (Lipinski definition) is 4. The van der Waals surface area contributed by atoms with E-state index in [0.29, 0.717) is 12.6 Å². The van der Waals surface area contributed by atoms with E-state index in [0.717, 1.165) is 37.8 Å². The zero-order chi connectivity index (χ0) is 15.2. The Bertz CT molecular complexity index is 455. The van der Waals surface area contributed by atoms with Crippen molar-refractivity contribution in [1.82, 2.24) is 15.5 Å². The SMILES string of the molecule is Cc1ccc([C@@H](C)NC(=O)NC[C@H](C)N2CCOCC2)o1. The molecule has 1 saturated heterocycles. The van der Waals surface area contributed by atoms with Gasteiger partial charge < -0.3 is 19.8 Å². The van der Waals surface area contributed by atoms with Gasteiger partial charge in [-0.15, -0.1) is 0 Å². The van der Waals surface area contributed by atoms with Crippen LogP contribution >= 0.6 is 0 Å². The first kappa shape index (κ1) is 15.9. The molecule has 118 valence electrons. The predicted octanol–water partition coefficient (Wildman–Crippen LogP) is 1.67. The number of furan rings is 1. The van der Waals surface area contributed by atoms with Crippen molar-refractivity contribution in [3.05, 3.63) is 23.7 Å². The summed E-state index contributed by atoms with van der Waals surface area (Å²) in [6, 6.07) is 3.78. The third-order valence-electron chi connectivity index (χ3n) is 3.76. The first-order chi connectivity index (χ1) is 10.1. The van der Waals surface area contributed by atoms with E-state index in [4.69, 9.17) is 9.15 Å². The smallest absolute Gasteiger partial charge is 0.315 e. The minimum atomic E-state index is -0.170. The van der Waals surface area contributed by atoms with Crippen molar-refractivity contribution in [2.24, 2.45) is 0 Å². The number of urea groups is 1. The number of carbonyl (C=O) groups excluding carboxylic acids is 1. The second kappa shape index (κ2) is 7.47. The highest BCUT2D eigenvalue weighted by atomic mass is 16.5. The van der Waals surface area contributed by atoms with Gasteiger partial charge in [-0.25, -0.2) is 4.79 Å². The molecule has 6 heteroatoms. The number of ether oxygens (including phenoxy) is 1. The molecule has 0 spiro atoms. The molecule has 1 aliphatic heterocycles. The van der Waals surface area contributed by atoms with Gasteiger partial charge in [0.1, 0.15) is 11.5 Å². The van der Waals surface area contributed by atoms with Crippen molar-refractivity contribution in [2.75, 3.05) is 32.8 Å². The van der Waals surface area contributed by atoms with Crippen LogP contribution in [0, 0.1) is 6.92 Å². The zero-order valence-electron chi connectivity index (χ0n) is 13.0. The Hall–Kier alpha value is -1.53. The van der Waals surface area contributed by atoms with Gasteiger partial charge in [-0.2, -0.15) is 0 Å². The van der Waals surface area contributed by atoms with Crippen LogP contribution in [0.15, 0.2) is 16.5 Å². The van der Waals surface area contributed by atoms with Crippen LogP contribution in [-0.2, 0) is 4.74 Å². The van der Waals surface area contributed by atoms with Gasteiger partial charge in [0, 0.05) is 25.7 Å². The van der Waals surface area contributed by atoms with Crippen LogP contribution in [-0.4, -0.2) is 49.8 Å². The average Bonchev–Trinajstić information content (AvgIpc) is 2.92. The first-order valence-electron chi connectivity index (χ1n) is 7.48. The fraction of sp³-hybridized carbons (Fsp3) is 0.667. The molecule has 2 heterocycles. The maximum atomic E-state index is 11.9. The molecule has 0 aliphatic carbocycles. The fourth-order valence-electron chi connectivity index (χ4n) is 2.39. The number of morpholine rings is 1. The lowest BCUT2D eigenvalue weighted by Crippen LogP contribution is -2.49. The first-order valence-corrected chi connectivity index (χ1v) is 7.48. The van der Waals surface area contributed by atoms with Crippen LogP contribution in [0.1, 0.15) is 31.4 Å². The summed E-state index contributed by atoms with van der Waals surface area (Å²) < 4.78 is 10.8. The van der Waals surface area contributed by atoms with E-state index >= 15 is 0 Å². The molecule has 2 atom stereocenters.